The van der Waals surface area contributed by atoms with Crippen LogP contribution in [0.4, 0.5) is 13.2 Å². The minimum atomic E-state index is -4.62. The number of thioether (sulfide) groups is 2. The highest BCUT2D eigenvalue weighted by Crippen LogP contribution is 2.47. The van der Waals surface area contributed by atoms with E-state index in [9.17, 15) is 18.0 Å². The minimum absolute atomic E-state index is 0.0901. The smallest absolute Gasteiger partial charge is 0.414 e. The molecule has 0 radical (unpaired) electrons. The number of hydrogen-bond acceptors (Lipinski definition) is 4. The predicted molar refractivity (Wildman–Crippen MR) is 70.3 cm³/mol. The molecule has 0 aliphatic carbocycles. The molecule has 0 spiro atoms. The van der Waals surface area contributed by atoms with Crippen molar-refractivity contribution >= 4 is 29.5 Å². The van der Waals surface area contributed by atoms with E-state index in [-0.39, 0.29) is 6.42 Å². The van der Waals surface area contributed by atoms with E-state index in [1.807, 2.05) is 0 Å². The molecule has 0 aromatic carbocycles. The number of aliphatic hydroxyl groups excluding tert-OH is 1. The van der Waals surface area contributed by atoms with Gasteiger partial charge in [-0.25, -0.2) is 4.79 Å². The van der Waals surface area contributed by atoms with Crippen LogP contribution < -0.4 is 0 Å². The Morgan fingerprint density at radius 1 is 1.37 bits per heavy atom. The Morgan fingerprint density at radius 3 is 2.42 bits per heavy atom. The quantitative estimate of drug-likeness (QED) is 0.764. The van der Waals surface area contributed by atoms with Crippen molar-refractivity contribution in [2.24, 2.45) is 0 Å². The molecule has 110 valence electrons. The summed E-state index contributed by atoms with van der Waals surface area (Å²) >= 11 is 2.88. The maximum absolute atomic E-state index is 12.3. The van der Waals surface area contributed by atoms with Gasteiger partial charge >= 0.3 is 12.1 Å². The molecule has 1 aliphatic rings. The Labute approximate surface area is 117 Å². The first-order valence-electron chi connectivity index (χ1n) is 5.70. The van der Waals surface area contributed by atoms with Crippen LogP contribution in [-0.2, 0) is 4.79 Å². The Kier molecular flexibility index (Phi) is 6.07. The van der Waals surface area contributed by atoms with Crippen LogP contribution in [-0.4, -0.2) is 44.0 Å². The van der Waals surface area contributed by atoms with E-state index in [4.69, 9.17) is 10.2 Å². The van der Waals surface area contributed by atoms with Gasteiger partial charge < -0.3 is 10.2 Å². The van der Waals surface area contributed by atoms with Gasteiger partial charge in [-0.1, -0.05) is 6.08 Å². The van der Waals surface area contributed by atoms with E-state index in [1.165, 1.54) is 29.6 Å². The van der Waals surface area contributed by atoms with Crippen molar-refractivity contribution in [1.29, 1.82) is 0 Å². The van der Waals surface area contributed by atoms with Crippen LogP contribution in [0.5, 0.6) is 0 Å². The summed E-state index contributed by atoms with van der Waals surface area (Å²) < 4.78 is 36.1. The third kappa shape index (κ3) is 5.66. The van der Waals surface area contributed by atoms with Crippen molar-refractivity contribution < 1.29 is 28.2 Å². The summed E-state index contributed by atoms with van der Waals surface area (Å²) in [5.41, 5.74) is 0. The predicted octanol–water partition coefficient (Wildman–Crippen LogP) is 2.90. The lowest BCUT2D eigenvalue weighted by Crippen LogP contribution is -2.32. The third-order valence-corrected chi connectivity index (χ3v) is 5.96. The molecule has 1 fully saturated rings. The molecule has 1 heterocycles. The van der Waals surface area contributed by atoms with Crippen molar-refractivity contribution in [3.8, 4) is 0 Å². The number of rotatable bonds is 5. The van der Waals surface area contributed by atoms with Gasteiger partial charge in [0.05, 0.1) is 4.08 Å². The second-order valence-corrected chi connectivity index (χ2v) is 7.24. The Hall–Kier alpha value is -0.340. The zero-order chi connectivity index (χ0) is 14.5. The van der Waals surface area contributed by atoms with Gasteiger partial charge in [0, 0.05) is 6.08 Å². The van der Waals surface area contributed by atoms with E-state index < -0.39 is 28.7 Å². The van der Waals surface area contributed by atoms with E-state index in [0.717, 1.165) is 24.0 Å². The molecule has 1 saturated heterocycles. The molecule has 0 amide bonds. The van der Waals surface area contributed by atoms with Crippen LogP contribution in [0, 0.1) is 0 Å². The lowest BCUT2D eigenvalue weighted by atomic mass is 10.1. The van der Waals surface area contributed by atoms with Crippen LogP contribution in [0.15, 0.2) is 12.2 Å². The van der Waals surface area contributed by atoms with Crippen molar-refractivity contribution in [3.63, 3.8) is 0 Å². The van der Waals surface area contributed by atoms with E-state index in [2.05, 4.69) is 0 Å². The standard InChI is InChI=1S/C11H15F3O3S2/c12-11(13,14)8(15)2-4-10(5-3-9(16)17)18-6-1-7-19-10/h3,5,8,15H,1-2,4,6-7H2,(H,16,17)/b5-3+/t8-/m0/s1. The normalized spacial score (nSPS) is 21.5. The summed E-state index contributed by atoms with van der Waals surface area (Å²) in [5.74, 6) is 0.431. The number of halogens is 3. The molecule has 0 bridgehead atoms. The van der Waals surface area contributed by atoms with Gasteiger partial charge in [-0.2, -0.15) is 13.2 Å². The highest BCUT2D eigenvalue weighted by atomic mass is 32.2. The zero-order valence-electron chi connectivity index (χ0n) is 10.0. The zero-order valence-corrected chi connectivity index (χ0v) is 11.7. The van der Waals surface area contributed by atoms with Gasteiger partial charge in [0.1, 0.15) is 6.10 Å². The largest absolute Gasteiger partial charge is 0.478 e. The summed E-state index contributed by atoms with van der Waals surface area (Å²) in [7, 11) is 0. The molecule has 1 aliphatic heterocycles. The monoisotopic (exact) mass is 316 g/mol. The number of alkyl halides is 3. The van der Waals surface area contributed by atoms with Crippen LogP contribution in [0.3, 0.4) is 0 Å². The molecule has 8 heteroatoms. The Bertz CT molecular complexity index is 339. The molecule has 0 unspecified atom stereocenters. The first-order valence-corrected chi connectivity index (χ1v) is 7.67. The highest BCUT2D eigenvalue weighted by Gasteiger charge is 2.40. The first kappa shape index (κ1) is 16.7. The maximum atomic E-state index is 12.3. The molecule has 1 rings (SSSR count). The van der Waals surface area contributed by atoms with Crippen LogP contribution in [0.2, 0.25) is 0 Å². The lowest BCUT2D eigenvalue weighted by molar-refractivity contribution is -0.205. The average Bonchev–Trinajstić information content (AvgIpc) is 2.34. The molecule has 0 aromatic rings. The van der Waals surface area contributed by atoms with Gasteiger partial charge in [-0.05, 0) is 30.8 Å². The average molecular weight is 316 g/mol. The lowest BCUT2D eigenvalue weighted by Gasteiger charge is -2.34. The summed E-state index contributed by atoms with van der Waals surface area (Å²) in [6.45, 7) is 0. The van der Waals surface area contributed by atoms with E-state index >= 15 is 0 Å². The summed E-state index contributed by atoms with van der Waals surface area (Å²) in [6.07, 6.45) is -3.97. The second kappa shape index (κ2) is 6.90. The van der Waals surface area contributed by atoms with Crippen LogP contribution in [0.1, 0.15) is 19.3 Å². The van der Waals surface area contributed by atoms with E-state index in [1.54, 1.807) is 0 Å². The van der Waals surface area contributed by atoms with Crippen LogP contribution in [0.25, 0.3) is 0 Å². The minimum Gasteiger partial charge on any atom is -0.478 e. The van der Waals surface area contributed by atoms with Gasteiger partial charge in [0.25, 0.3) is 0 Å². The Morgan fingerprint density at radius 2 is 1.95 bits per heavy atom. The highest BCUT2D eigenvalue weighted by molar-refractivity contribution is 8.19. The summed E-state index contributed by atoms with van der Waals surface area (Å²) in [4.78, 5) is 10.5. The fourth-order valence-electron chi connectivity index (χ4n) is 1.61. The molecular weight excluding hydrogens is 301 g/mol. The van der Waals surface area contributed by atoms with Gasteiger partial charge in [0.15, 0.2) is 0 Å². The number of carboxylic acid groups (broad SMARTS) is 1. The summed E-state index contributed by atoms with van der Waals surface area (Å²) in [6, 6.07) is 0. The SMILES string of the molecule is O=C(O)/C=C/C1(CC[C@H](O)C(F)(F)F)SCCCS1. The molecule has 19 heavy (non-hydrogen) atoms. The molecule has 2 N–H and O–H groups in total. The van der Waals surface area contributed by atoms with Crippen molar-refractivity contribution in [2.75, 3.05) is 11.5 Å². The fraction of sp³-hybridized carbons (Fsp3) is 0.727. The van der Waals surface area contributed by atoms with Gasteiger partial charge in [-0.15, -0.1) is 23.5 Å². The molecule has 3 nitrogen and oxygen atoms in total. The first-order chi connectivity index (χ1) is 8.75. The number of hydrogen-bond donors (Lipinski definition) is 2. The number of aliphatic carboxylic acids is 1. The Balaban J connectivity index is 2.67. The number of carbonyl (C=O) groups is 1. The van der Waals surface area contributed by atoms with Crippen molar-refractivity contribution in [1.82, 2.24) is 0 Å². The molecule has 0 saturated carbocycles. The molecule has 0 aromatic heterocycles. The van der Waals surface area contributed by atoms with Gasteiger partial charge in [-0.3, -0.25) is 0 Å². The fourth-order valence-corrected chi connectivity index (χ4v) is 4.75. The summed E-state index contributed by atoms with van der Waals surface area (Å²) in [5, 5.41) is 17.7. The molecular formula is C11H15F3O3S2. The number of aliphatic hydroxyl groups is 1. The van der Waals surface area contributed by atoms with Crippen LogP contribution >= 0.6 is 23.5 Å². The topological polar surface area (TPSA) is 57.5 Å². The van der Waals surface area contributed by atoms with Gasteiger partial charge in [0.2, 0.25) is 0 Å². The number of carboxylic acids is 1. The van der Waals surface area contributed by atoms with Crippen molar-refractivity contribution in [2.45, 2.75) is 35.6 Å². The van der Waals surface area contributed by atoms with E-state index in [0.29, 0.717) is 0 Å². The maximum Gasteiger partial charge on any atom is 0.414 e. The third-order valence-electron chi connectivity index (χ3n) is 2.61. The van der Waals surface area contributed by atoms with Crippen molar-refractivity contribution in [3.05, 3.63) is 12.2 Å². The second-order valence-electron chi connectivity index (χ2n) is 4.13. The molecule has 1 atom stereocenters.